The van der Waals surface area contributed by atoms with Crippen LogP contribution in [-0.4, -0.2) is 4.57 Å². The smallest absolute Gasteiger partial charge is 0.0554 e. The fourth-order valence-corrected chi connectivity index (χ4v) is 10.1. The van der Waals surface area contributed by atoms with Crippen LogP contribution in [0.1, 0.15) is 25.0 Å². The molecule has 0 unspecified atom stereocenters. The van der Waals surface area contributed by atoms with Crippen LogP contribution in [-0.2, 0) is 5.41 Å². The molecule has 0 spiro atoms. The first-order valence-corrected chi connectivity index (χ1v) is 19.5. The molecule has 0 radical (unpaired) electrons. The van der Waals surface area contributed by atoms with Crippen molar-refractivity contribution in [1.29, 1.82) is 0 Å². The molecule has 54 heavy (non-hydrogen) atoms. The van der Waals surface area contributed by atoms with E-state index in [4.69, 9.17) is 0 Å². The fraction of sp³-hybridized carbons (Fsp3) is 0.0588. The predicted molar refractivity (Wildman–Crippen MR) is 231 cm³/mol. The average molecular weight is 709 g/mol. The number of hydrogen-bond donors (Lipinski definition) is 0. The summed E-state index contributed by atoms with van der Waals surface area (Å²) >= 11 is 1.87. The zero-order chi connectivity index (χ0) is 36.0. The predicted octanol–water partition coefficient (Wildman–Crippen LogP) is 14.6. The highest BCUT2D eigenvalue weighted by atomic mass is 32.1. The molecular formula is C51H36N2S. The van der Waals surface area contributed by atoms with Gasteiger partial charge in [0.2, 0.25) is 0 Å². The quantitative estimate of drug-likeness (QED) is 0.173. The molecule has 0 N–H and O–H groups in total. The summed E-state index contributed by atoms with van der Waals surface area (Å²) in [7, 11) is 0. The van der Waals surface area contributed by atoms with Crippen molar-refractivity contribution < 1.29 is 0 Å². The molecule has 0 amide bonds. The Morgan fingerprint density at radius 2 is 1.04 bits per heavy atom. The van der Waals surface area contributed by atoms with Gasteiger partial charge in [-0.1, -0.05) is 129 Å². The molecular weight excluding hydrogens is 673 g/mol. The van der Waals surface area contributed by atoms with Gasteiger partial charge in [-0.05, 0) is 100 Å². The van der Waals surface area contributed by atoms with E-state index >= 15 is 0 Å². The van der Waals surface area contributed by atoms with Crippen molar-refractivity contribution in [2.75, 3.05) is 4.90 Å². The van der Waals surface area contributed by atoms with Crippen LogP contribution in [0.4, 0.5) is 17.1 Å². The molecule has 1 aliphatic rings. The van der Waals surface area contributed by atoms with Crippen molar-refractivity contribution >= 4 is 70.4 Å². The van der Waals surface area contributed by atoms with Gasteiger partial charge in [-0.2, -0.15) is 0 Å². The molecule has 0 saturated heterocycles. The largest absolute Gasteiger partial charge is 0.310 e. The van der Waals surface area contributed by atoms with Crippen LogP contribution in [0.15, 0.2) is 182 Å². The summed E-state index contributed by atoms with van der Waals surface area (Å²) in [6.07, 6.45) is 0. The van der Waals surface area contributed by atoms with E-state index in [1.165, 1.54) is 86.7 Å². The first-order valence-electron chi connectivity index (χ1n) is 18.7. The number of aromatic nitrogens is 1. The van der Waals surface area contributed by atoms with E-state index in [1.54, 1.807) is 0 Å². The minimum Gasteiger partial charge on any atom is -0.310 e. The first kappa shape index (κ1) is 31.1. The number of anilines is 3. The Morgan fingerprint density at radius 3 is 1.78 bits per heavy atom. The van der Waals surface area contributed by atoms with Crippen LogP contribution in [0.2, 0.25) is 0 Å². The maximum Gasteiger partial charge on any atom is 0.0554 e. The lowest BCUT2D eigenvalue weighted by molar-refractivity contribution is 0.660. The Hall–Kier alpha value is -6.42. The maximum atomic E-state index is 2.47. The van der Waals surface area contributed by atoms with E-state index in [9.17, 15) is 0 Å². The molecule has 0 atom stereocenters. The van der Waals surface area contributed by atoms with Gasteiger partial charge in [-0.15, -0.1) is 11.3 Å². The molecule has 0 bridgehead atoms. The highest BCUT2D eigenvalue weighted by Crippen LogP contribution is 2.52. The summed E-state index contributed by atoms with van der Waals surface area (Å²) in [6.45, 7) is 4.72. The summed E-state index contributed by atoms with van der Waals surface area (Å²) in [5.41, 5.74) is 14.8. The molecule has 256 valence electrons. The Bertz CT molecular complexity index is 3020. The SMILES string of the molecule is CC1(C)c2ccccc2-c2ccc(N(c3ccc(-c4ccc(-n5c6ccccc6c6ccccc65)cc4)cc3)c3cccc4sc5ccccc5c34)cc21. The Morgan fingerprint density at radius 1 is 0.463 bits per heavy atom. The lowest BCUT2D eigenvalue weighted by Gasteiger charge is -2.29. The van der Waals surface area contributed by atoms with Gasteiger partial charge in [0.1, 0.15) is 0 Å². The second-order valence-electron chi connectivity index (χ2n) is 14.9. The zero-order valence-corrected chi connectivity index (χ0v) is 30.9. The van der Waals surface area contributed by atoms with Gasteiger partial charge in [0.15, 0.2) is 0 Å². The molecule has 1 aliphatic carbocycles. The maximum absolute atomic E-state index is 2.47. The number of para-hydroxylation sites is 2. The van der Waals surface area contributed by atoms with Crippen LogP contribution in [0.5, 0.6) is 0 Å². The second-order valence-corrected chi connectivity index (χ2v) is 16.0. The number of benzene rings is 8. The average Bonchev–Trinajstić information content (AvgIpc) is 3.85. The molecule has 0 fully saturated rings. The standard InChI is InChI=1S/C51H36N2S/c1-51(2)43-16-7-3-12-38(43)39-31-30-37(32-44(39)51)52(47-19-11-21-49-50(47)42-15-6-10-20-48(42)54-49)35-26-22-33(23-27-35)34-24-28-36(29-25-34)53-45-17-8-4-13-40(45)41-14-5-9-18-46(41)53/h3-32H,1-2H3. The first-order chi connectivity index (χ1) is 26.5. The summed E-state index contributed by atoms with van der Waals surface area (Å²) < 4.78 is 4.98. The minimum atomic E-state index is -0.0933. The van der Waals surface area contributed by atoms with Crippen molar-refractivity contribution in [3.8, 4) is 27.9 Å². The van der Waals surface area contributed by atoms with Gasteiger partial charge in [-0.25, -0.2) is 0 Å². The van der Waals surface area contributed by atoms with Crippen molar-refractivity contribution in [3.05, 3.63) is 193 Å². The van der Waals surface area contributed by atoms with Crippen molar-refractivity contribution in [1.82, 2.24) is 4.57 Å². The van der Waals surface area contributed by atoms with Crippen LogP contribution in [0, 0.1) is 0 Å². The lowest BCUT2D eigenvalue weighted by atomic mass is 9.82. The van der Waals surface area contributed by atoms with E-state index in [0.29, 0.717) is 0 Å². The molecule has 2 nitrogen and oxygen atoms in total. The zero-order valence-electron chi connectivity index (χ0n) is 30.1. The van der Waals surface area contributed by atoms with E-state index in [2.05, 4.69) is 205 Å². The summed E-state index contributed by atoms with van der Waals surface area (Å²) in [6, 6.07) is 67.0. The van der Waals surface area contributed by atoms with E-state index in [1.807, 2.05) is 11.3 Å². The Balaban J connectivity index is 1.03. The third kappa shape index (κ3) is 4.58. The number of nitrogens with zero attached hydrogens (tertiary/aromatic N) is 2. The molecule has 2 heterocycles. The number of rotatable bonds is 5. The third-order valence-corrected chi connectivity index (χ3v) is 12.7. The molecule has 8 aromatic carbocycles. The van der Waals surface area contributed by atoms with Crippen LogP contribution in [0.3, 0.4) is 0 Å². The van der Waals surface area contributed by atoms with Gasteiger partial charge >= 0.3 is 0 Å². The fourth-order valence-electron chi connectivity index (χ4n) is 9.01. The third-order valence-electron chi connectivity index (χ3n) is 11.6. The monoisotopic (exact) mass is 708 g/mol. The summed E-state index contributed by atoms with van der Waals surface area (Å²) in [5, 5.41) is 5.15. The molecule has 3 heteroatoms. The Kier molecular flexibility index (Phi) is 6.80. The lowest BCUT2D eigenvalue weighted by Crippen LogP contribution is -2.16. The van der Waals surface area contributed by atoms with Crippen LogP contribution >= 0.6 is 11.3 Å². The van der Waals surface area contributed by atoms with Crippen LogP contribution < -0.4 is 4.90 Å². The molecule has 11 rings (SSSR count). The highest BCUT2D eigenvalue weighted by molar-refractivity contribution is 7.26. The number of fused-ring (bicyclic) bond motifs is 9. The molecule has 0 saturated carbocycles. The molecule has 2 aromatic heterocycles. The Labute approximate surface area is 318 Å². The number of hydrogen-bond acceptors (Lipinski definition) is 2. The van der Waals surface area contributed by atoms with E-state index in [0.717, 1.165) is 11.4 Å². The highest BCUT2D eigenvalue weighted by Gasteiger charge is 2.36. The van der Waals surface area contributed by atoms with Crippen LogP contribution in [0.25, 0.3) is 69.9 Å². The van der Waals surface area contributed by atoms with Gasteiger partial charge in [-0.3, -0.25) is 0 Å². The molecule has 10 aromatic rings. The minimum absolute atomic E-state index is 0.0933. The van der Waals surface area contributed by atoms with E-state index < -0.39 is 0 Å². The van der Waals surface area contributed by atoms with Crippen molar-refractivity contribution in [3.63, 3.8) is 0 Å². The van der Waals surface area contributed by atoms with Gasteiger partial charge < -0.3 is 9.47 Å². The normalized spacial score (nSPS) is 13.1. The molecule has 0 aliphatic heterocycles. The summed E-state index contributed by atoms with van der Waals surface area (Å²) in [5.74, 6) is 0. The number of thiophene rings is 1. The van der Waals surface area contributed by atoms with E-state index in [-0.39, 0.29) is 5.41 Å². The van der Waals surface area contributed by atoms with Gasteiger partial charge in [0.05, 0.1) is 16.7 Å². The topological polar surface area (TPSA) is 8.17 Å². The van der Waals surface area contributed by atoms with Gasteiger partial charge in [0.25, 0.3) is 0 Å². The van der Waals surface area contributed by atoms with Crippen molar-refractivity contribution in [2.24, 2.45) is 0 Å². The van der Waals surface area contributed by atoms with Crippen molar-refractivity contribution in [2.45, 2.75) is 19.3 Å². The second kappa shape index (κ2) is 11.8. The summed E-state index contributed by atoms with van der Waals surface area (Å²) in [4.78, 5) is 2.47. The van der Waals surface area contributed by atoms with Gasteiger partial charge in [0, 0.05) is 53.4 Å².